The van der Waals surface area contributed by atoms with Gasteiger partial charge in [-0.2, -0.15) is 0 Å². The van der Waals surface area contributed by atoms with Gasteiger partial charge in [-0.05, 0) is 26.8 Å². The Hall–Kier alpha value is -0.0800. The first kappa shape index (κ1) is 18.9. The Balaban J connectivity index is 4.18. The topological polar surface area (TPSA) is 23.5 Å². The summed E-state index contributed by atoms with van der Waals surface area (Å²) in [5.41, 5.74) is 0.282. The van der Waals surface area contributed by atoms with E-state index in [4.69, 9.17) is 0 Å². The van der Waals surface area contributed by atoms with Crippen LogP contribution in [0.15, 0.2) is 0 Å². The molecule has 0 fully saturated rings. The van der Waals surface area contributed by atoms with Crippen molar-refractivity contribution in [3.63, 3.8) is 0 Å². The first-order valence-corrected chi connectivity index (χ1v) is 8.42. The molecule has 0 bridgehead atoms. The molecule has 0 aromatic carbocycles. The van der Waals surface area contributed by atoms with E-state index < -0.39 is 0 Å². The maximum absolute atomic E-state index is 9.18. The standard InChI is InChI=1S/C17H37NO/c1-5-7-9-11-13-17(3,18(4)15-16-19)14-12-10-8-6-2/h19H,5-16H2,1-4H3. The fraction of sp³-hybridized carbons (Fsp3) is 1.00. The third-order valence-electron chi connectivity index (χ3n) is 4.49. The highest BCUT2D eigenvalue weighted by atomic mass is 16.3. The lowest BCUT2D eigenvalue weighted by Gasteiger charge is -2.39. The van der Waals surface area contributed by atoms with Gasteiger partial charge < -0.3 is 5.11 Å². The van der Waals surface area contributed by atoms with Gasteiger partial charge >= 0.3 is 0 Å². The lowest BCUT2D eigenvalue weighted by Crippen LogP contribution is -2.45. The summed E-state index contributed by atoms with van der Waals surface area (Å²) in [5.74, 6) is 0. The molecule has 0 spiro atoms. The number of nitrogens with zero attached hydrogens (tertiary/aromatic N) is 1. The maximum Gasteiger partial charge on any atom is 0.0558 e. The molecule has 1 N–H and O–H groups in total. The summed E-state index contributed by atoms with van der Waals surface area (Å²) in [7, 11) is 2.18. The lowest BCUT2D eigenvalue weighted by atomic mass is 9.86. The van der Waals surface area contributed by atoms with Crippen LogP contribution in [0.25, 0.3) is 0 Å². The Morgan fingerprint density at radius 3 is 1.68 bits per heavy atom. The van der Waals surface area contributed by atoms with Crippen molar-refractivity contribution in [1.29, 1.82) is 0 Å². The number of hydrogen-bond acceptors (Lipinski definition) is 2. The second-order valence-corrected chi connectivity index (χ2v) is 6.26. The van der Waals surface area contributed by atoms with Gasteiger partial charge in [0, 0.05) is 12.1 Å². The molecular formula is C17H37NO. The summed E-state index contributed by atoms with van der Waals surface area (Å²) in [6.07, 6.45) is 13.2. The highest BCUT2D eigenvalue weighted by molar-refractivity contribution is 4.84. The van der Waals surface area contributed by atoms with E-state index in [0.717, 1.165) is 6.54 Å². The molecule has 19 heavy (non-hydrogen) atoms. The summed E-state index contributed by atoms with van der Waals surface area (Å²) in [6.45, 7) is 8.00. The van der Waals surface area contributed by atoms with Crippen LogP contribution in [0.1, 0.15) is 85.0 Å². The number of unbranched alkanes of at least 4 members (excludes halogenated alkanes) is 6. The van der Waals surface area contributed by atoms with Gasteiger partial charge in [0.25, 0.3) is 0 Å². The van der Waals surface area contributed by atoms with Crippen molar-refractivity contribution in [3.05, 3.63) is 0 Å². The molecular weight excluding hydrogens is 234 g/mol. The molecule has 0 radical (unpaired) electrons. The largest absolute Gasteiger partial charge is 0.395 e. The van der Waals surface area contributed by atoms with E-state index in [-0.39, 0.29) is 12.1 Å². The third-order valence-corrected chi connectivity index (χ3v) is 4.49. The average molecular weight is 271 g/mol. The summed E-state index contributed by atoms with van der Waals surface area (Å²) in [5, 5.41) is 9.18. The Morgan fingerprint density at radius 1 is 0.842 bits per heavy atom. The van der Waals surface area contributed by atoms with Crippen molar-refractivity contribution in [3.8, 4) is 0 Å². The zero-order valence-corrected chi connectivity index (χ0v) is 13.9. The van der Waals surface area contributed by atoms with Crippen molar-refractivity contribution in [1.82, 2.24) is 4.90 Å². The van der Waals surface area contributed by atoms with Gasteiger partial charge in [0.05, 0.1) is 6.61 Å². The minimum Gasteiger partial charge on any atom is -0.395 e. The van der Waals surface area contributed by atoms with Gasteiger partial charge in [0.2, 0.25) is 0 Å². The first-order chi connectivity index (χ1) is 9.10. The molecule has 0 heterocycles. The number of likely N-dealkylation sites (N-methyl/N-ethyl adjacent to an activating group) is 1. The van der Waals surface area contributed by atoms with Gasteiger partial charge in [0.15, 0.2) is 0 Å². The van der Waals surface area contributed by atoms with Gasteiger partial charge in [0.1, 0.15) is 0 Å². The number of rotatable bonds is 13. The van der Waals surface area contributed by atoms with E-state index in [2.05, 4.69) is 32.7 Å². The molecule has 116 valence electrons. The van der Waals surface area contributed by atoms with Crippen LogP contribution in [0.5, 0.6) is 0 Å². The van der Waals surface area contributed by atoms with Crippen LogP contribution in [0.2, 0.25) is 0 Å². The van der Waals surface area contributed by atoms with Crippen molar-refractivity contribution in [2.45, 2.75) is 90.5 Å². The Bertz CT molecular complexity index is 182. The second kappa shape index (κ2) is 11.7. The van der Waals surface area contributed by atoms with Gasteiger partial charge in [-0.1, -0.05) is 65.2 Å². The number of β-amino-alcohol motifs (C(OH)–C–C–N with tert-alkyl or cyclic N) is 1. The van der Waals surface area contributed by atoms with Crippen molar-refractivity contribution >= 4 is 0 Å². The summed E-state index contributed by atoms with van der Waals surface area (Å²) >= 11 is 0. The fourth-order valence-corrected chi connectivity index (χ4v) is 2.79. The predicted octanol–water partition coefficient (Wildman–Crippen LogP) is 4.61. The molecule has 0 rings (SSSR count). The van der Waals surface area contributed by atoms with Gasteiger partial charge in [-0.25, -0.2) is 0 Å². The van der Waals surface area contributed by atoms with Crippen molar-refractivity contribution in [2.75, 3.05) is 20.2 Å². The molecule has 0 aliphatic rings. The summed E-state index contributed by atoms with van der Waals surface area (Å²) < 4.78 is 0. The normalized spacial score (nSPS) is 12.3. The SMILES string of the molecule is CCCCCCC(C)(CCCCCC)N(C)CCO. The molecule has 0 saturated carbocycles. The van der Waals surface area contributed by atoms with Gasteiger partial charge in [-0.15, -0.1) is 0 Å². The molecule has 0 aliphatic heterocycles. The van der Waals surface area contributed by atoms with Crippen molar-refractivity contribution in [2.24, 2.45) is 0 Å². The van der Waals surface area contributed by atoms with Crippen LogP contribution in [0.4, 0.5) is 0 Å². The zero-order chi connectivity index (χ0) is 14.6. The van der Waals surface area contributed by atoms with Crippen LogP contribution in [-0.4, -0.2) is 35.7 Å². The minimum atomic E-state index is 0.274. The summed E-state index contributed by atoms with van der Waals surface area (Å²) in [4.78, 5) is 2.38. The molecule has 0 aromatic heterocycles. The Morgan fingerprint density at radius 2 is 1.32 bits per heavy atom. The van der Waals surface area contributed by atoms with Gasteiger partial charge in [-0.3, -0.25) is 4.90 Å². The Kier molecular flexibility index (Phi) is 11.7. The van der Waals surface area contributed by atoms with E-state index in [0.29, 0.717) is 0 Å². The zero-order valence-electron chi connectivity index (χ0n) is 13.9. The quantitative estimate of drug-likeness (QED) is 0.494. The molecule has 0 atom stereocenters. The smallest absolute Gasteiger partial charge is 0.0558 e. The van der Waals surface area contributed by atoms with Crippen LogP contribution in [-0.2, 0) is 0 Å². The lowest BCUT2D eigenvalue weighted by molar-refractivity contribution is 0.0870. The number of aliphatic hydroxyl groups is 1. The van der Waals surface area contributed by atoms with E-state index >= 15 is 0 Å². The highest BCUT2D eigenvalue weighted by Gasteiger charge is 2.27. The molecule has 0 aromatic rings. The minimum absolute atomic E-state index is 0.274. The maximum atomic E-state index is 9.18. The number of aliphatic hydroxyl groups excluding tert-OH is 1. The van der Waals surface area contributed by atoms with E-state index in [1.165, 1.54) is 64.2 Å². The first-order valence-electron chi connectivity index (χ1n) is 8.42. The van der Waals surface area contributed by atoms with Crippen LogP contribution in [0, 0.1) is 0 Å². The average Bonchev–Trinajstić information content (AvgIpc) is 2.40. The fourth-order valence-electron chi connectivity index (χ4n) is 2.79. The molecule has 2 heteroatoms. The predicted molar refractivity (Wildman–Crippen MR) is 85.6 cm³/mol. The molecule has 0 unspecified atom stereocenters. The third kappa shape index (κ3) is 8.65. The molecule has 2 nitrogen and oxygen atoms in total. The summed E-state index contributed by atoms with van der Waals surface area (Å²) in [6, 6.07) is 0. The number of hydrogen-bond donors (Lipinski definition) is 1. The van der Waals surface area contributed by atoms with Crippen LogP contribution >= 0.6 is 0 Å². The monoisotopic (exact) mass is 271 g/mol. The van der Waals surface area contributed by atoms with Crippen LogP contribution in [0.3, 0.4) is 0 Å². The second-order valence-electron chi connectivity index (χ2n) is 6.26. The van der Waals surface area contributed by atoms with E-state index in [1.807, 2.05) is 0 Å². The van der Waals surface area contributed by atoms with Crippen molar-refractivity contribution < 1.29 is 5.11 Å². The van der Waals surface area contributed by atoms with E-state index in [1.54, 1.807) is 0 Å². The molecule has 0 aliphatic carbocycles. The molecule has 0 saturated heterocycles. The molecule has 0 amide bonds. The van der Waals surface area contributed by atoms with Crippen LogP contribution < -0.4 is 0 Å². The van der Waals surface area contributed by atoms with E-state index in [9.17, 15) is 5.11 Å². The highest BCUT2D eigenvalue weighted by Crippen LogP contribution is 2.27. The Labute approximate surface area is 121 Å².